The zero-order valence-electron chi connectivity index (χ0n) is 40.1. The number of nitrogen functional groups attached to an aromatic ring is 2. The van der Waals surface area contributed by atoms with Crippen LogP contribution in [-0.2, 0) is 0 Å². The van der Waals surface area contributed by atoms with Crippen molar-refractivity contribution in [2.24, 2.45) is 0 Å². The maximum atomic E-state index is 6.26. The molecule has 0 fully saturated rings. The molecule has 336 valence electrons. The molecule has 0 saturated heterocycles. The predicted octanol–water partition coefficient (Wildman–Crippen LogP) is 18.5. The first-order valence-corrected chi connectivity index (χ1v) is 25.8. The fourth-order valence-electron chi connectivity index (χ4n) is 10.1. The minimum absolute atomic E-state index is 0.398. The normalized spacial score (nSPS) is 13.1. The van der Waals surface area contributed by atoms with Crippen LogP contribution in [0.5, 0.6) is 0 Å². The van der Waals surface area contributed by atoms with Gasteiger partial charge in [-0.05, 0) is 102 Å². The lowest BCUT2D eigenvalue weighted by Gasteiger charge is -2.24. The molecular weight excluding hydrogens is 737 g/mol. The number of unbranched alkanes of at least 4 members (excludes halogenated alkanes) is 21. The number of hydrogen-bond acceptors (Lipinski definition) is 2. The van der Waals surface area contributed by atoms with Gasteiger partial charge in [-0.25, -0.2) is 0 Å². The second kappa shape index (κ2) is 29.7. The molecule has 0 aliphatic carbocycles. The summed E-state index contributed by atoms with van der Waals surface area (Å²) in [6, 6.07) is 32.9. The quantitative estimate of drug-likeness (QED) is 0.0371. The topological polar surface area (TPSA) is 52.0 Å². The van der Waals surface area contributed by atoms with Crippen molar-refractivity contribution in [2.45, 2.75) is 226 Å². The van der Waals surface area contributed by atoms with E-state index in [0.717, 1.165) is 11.4 Å². The van der Waals surface area contributed by atoms with Gasteiger partial charge in [0.1, 0.15) is 0 Å². The molecule has 0 radical (unpaired) electrons. The fraction of sp³-hybridized carbons (Fsp3) is 0.593. The van der Waals surface area contributed by atoms with Gasteiger partial charge in [0.2, 0.25) is 0 Å². The molecule has 4 rings (SSSR count). The Morgan fingerprint density at radius 1 is 0.311 bits per heavy atom. The van der Waals surface area contributed by atoms with Crippen LogP contribution in [0.15, 0.2) is 84.9 Å². The summed E-state index contributed by atoms with van der Waals surface area (Å²) in [6.45, 7) is 11.4. The highest BCUT2D eigenvalue weighted by atomic mass is 14.5. The Bertz CT molecular complexity index is 1600. The van der Waals surface area contributed by atoms with Gasteiger partial charge >= 0.3 is 0 Å². The molecule has 0 aliphatic rings. The summed E-state index contributed by atoms with van der Waals surface area (Å²) in [5, 5.41) is 0. The van der Waals surface area contributed by atoms with E-state index in [1.165, 1.54) is 218 Å². The molecule has 4 aromatic carbocycles. The highest BCUT2D eigenvalue weighted by Gasteiger charge is 2.21. The van der Waals surface area contributed by atoms with Crippen LogP contribution in [0.3, 0.4) is 0 Å². The van der Waals surface area contributed by atoms with Gasteiger partial charge < -0.3 is 11.5 Å². The SMILES string of the molecule is CCCCCCCCCCCC(c1ccc(C(CCCCCCCC)c2ccc(C(CCCCCCCCCCC)c3ccc(N)cc3C)cc2)cc1)c1ccc(N)cc1C. The van der Waals surface area contributed by atoms with Crippen molar-refractivity contribution >= 4 is 11.4 Å². The molecule has 2 atom stereocenters. The van der Waals surface area contributed by atoms with Crippen LogP contribution in [-0.4, -0.2) is 0 Å². The number of rotatable bonds is 33. The van der Waals surface area contributed by atoms with Crippen molar-refractivity contribution in [1.29, 1.82) is 0 Å². The molecule has 2 heteroatoms. The third-order valence-corrected chi connectivity index (χ3v) is 13.9. The van der Waals surface area contributed by atoms with Crippen LogP contribution < -0.4 is 11.5 Å². The molecule has 0 saturated carbocycles. The second-order valence-electron chi connectivity index (χ2n) is 19.0. The van der Waals surface area contributed by atoms with Crippen molar-refractivity contribution < 1.29 is 0 Å². The first kappa shape index (κ1) is 50.1. The van der Waals surface area contributed by atoms with E-state index in [2.05, 4.69) is 120 Å². The maximum absolute atomic E-state index is 6.26. The molecule has 0 aliphatic heterocycles. The summed E-state index contributed by atoms with van der Waals surface area (Å²) in [6.07, 6.45) is 36.0. The van der Waals surface area contributed by atoms with E-state index in [4.69, 9.17) is 11.5 Å². The van der Waals surface area contributed by atoms with E-state index < -0.39 is 0 Å². The molecule has 0 bridgehead atoms. The summed E-state index contributed by atoms with van der Waals surface area (Å²) in [5.74, 6) is 1.20. The molecule has 0 amide bonds. The van der Waals surface area contributed by atoms with Gasteiger partial charge in [-0.2, -0.15) is 0 Å². The van der Waals surface area contributed by atoms with Gasteiger partial charge in [0.05, 0.1) is 0 Å². The zero-order chi connectivity index (χ0) is 43.5. The van der Waals surface area contributed by atoms with Gasteiger partial charge in [0.15, 0.2) is 0 Å². The average molecular weight is 827 g/mol. The van der Waals surface area contributed by atoms with Crippen molar-refractivity contribution in [3.63, 3.8) is 0 Å². The van der Waals surface area contributed by atoms with Gasteiger partial charge in [0, 0.05) is 29.1 Å². The smallest absolute Gasteiger partial charge is 0.0316 e. The molecule has 0 spiro atoms. The van der Waals surface area contributed by atoms with Crippen molar-refractivity contribution in [1.82, 2.24) is 0 Å². The summed E-state index contributed by atoms with van der Waals surface area (Å²) >= 11 is 0. The average Bonchev–Trinajstić information content (AvgIpc) is 3.26. The standard InChI is InChI=1S/C59H90N2/c1-6-9-12-15-18-20-22-25-28-31-58(55-43-41-53(60)45-47(55)4)51-37-33-49(34-38-51)57(30-27-24-17-14-11-8-3)50-35-39-52(40-36-50)59(56-44-42-54(61)46-48(56)5)32-29-26-23-21-19-16-13-10-7-2/h33-46,57-59H,6-32,60-61H2,1-5H3. The molecular formula is C59H90N2. The summed E-state index contributed by atoms with van der Waals surface area (Å²) in [5.41, 5.74) is 25.6. The lowest BCUT2D eigenvalue weighted by Crippen LogP contribution is -2.07. The Morgan fingerprint density at radius 2 is 0.557 bits per heavy atom. The van der Waals surface area contributed by atoms with E-state index in [1.807, 2.05) is 0 Å². The van der Waals surface area contributed by atoms with Crippen LogP contribution in [0.1, 0.15) is 256 Å². The number of anilines is 2. The summed E-state index contributed by atoms with van der Waals surface area (Å²) in [7, 11) is 0. The summed E-state index contributed by atoms with van der Waals surface area (Å²) < 4.78 is 0. The van der Waals surface area contributed by atoms with E-state index in [9.17, 15) is 0 Å². The second-order valence-corrected chi connectivity index (χ2v) is 19.0. The highest BCUT2D eigenvalue weighted by Crippen LogP contribution is 2.38. The van der Waals surface area contributed by atoms with Crippen LogP contribution in [0, 0.1) is 13.8 Å². The third kappa shape index (κ3) is 18.0. The van der Waals surface area contributed by atoms with E-state index in [1.54, 1.807) is 0 Å². The maximum Gasteiger partial charge on any atom is 0.0316 e. The highest BCUT2D eigenvalue weighted by molar-refractivity contribution is 5.50. The largest absolute Gasteiger partial charge is 0.399 e. The summed E-state index contributed by atoms with van der Waals surface area (Å²) in [4.78, 5) is 0. The molecule has 0 heterocycles. The predicted molar refractivity (Wildman–Crippen MR) is 271 cm³/mol. The molecule has 0 aromatic heterocycles. The Hall–Kier alpha value is -3.52. The number of hydrogen-bond donors (Lipinski definition) is 2. The van der Waals surface area contributed by atoms with Crippen LogP contribution >= 0.6 is 0 Å². The fourth-order valence-corrected chi connectivity index (χ4v) is 10.1. The number of aryl methyl sites for hydroxylation is 2. The van der Waals surface area contributed by atoms with Crippen LogP contribution in [0.25, 0.3) is 0 Å². The molecule has 2 unspecified atom stereocenters. The Balaban J connectivity index is 1.52. The molecule has 4 N–H and O–H groups in total. The number of nitrogens with two attached hydrogens (primary N) is 2. The minimum Gasteiger partial charge on any atom is -0.399 e. The van der Waals surface area contributed by atoms with Gasteiger partial charge in [0.25, 0.3) is 0 Å². The van der Waals surface area contributed by atoms with E-state index in [0.29, 0.717) is 17.8 Å². The first-order valence-electron chi connectivity index (χ1n) is 25.8. The Labute approximate surface area is 376 Å². The number of benzene rings is 4. The van der Waals surface area contributed by atoms with E-state index >= 15 is 0 Å². The Kier molecular flexibility index (Phi) is 24.4. The lowest BCUT2D eigenvalue weighted by molar-refractivity contribution is 0.544. The molecule has 4 aromatic rings. The van der Waals surface area contributed by atoms with Crippen LogP contribution in [0.2, 0.25) is 0 Å². The first-order chi connectivity index (χ1) is 29.9. The molecule has 61 heavy (non-hydrogen) atoms. The van der Waals surface area contributed by atoms with Crippen molar-refractivity contribution in [2.75, 3.05) is 11.5 Å². The van der Waals surface area contributed by atoms with Crippen molar-refractivity contribution in [3.8, 4) is 0 Å². The van der Waals surface area contributed by atoms with Crippen LogP contribution in [0.4, 0.5) is 11.4 Å². The lowest BCUT2D eigenvalue weighted by atomic mass is 9.80. The van der Waals surface area contributed by atoms with Gasteiger partial charge in [-0.1, -0.05) is 236 Å². The van der Waals surface area contributed by atoms with Crippen molar-refractivity contribution in [3.05, 3.63) is 129 Å². The Morgan fingerprint density at radius 3 is 0.836 bits per heavy atom. The molecule has 2 nitrogen and oxygen atoms in total. The van der Waals surface area contributed by atoms with Gasteiger partial charge in [-0.3, -0.25) is 0 Å². The van der Waals surface area contributed by atoms with E-state index in [-0.39, 0.29) is 0 Å². The third-order valence-electron chi connectivity index (χ3n) is 13.9. The minimum atomic E-state index is 0.398. The zero-order valence-corrected chi connectivity index (χ0v) is 40.1. The monoisotopic (exact) mass is 827 g/mol. The van der Waals surface area contributed by atoms with Gasteiger partial charge in [-0.15, -0.1) is 0 Å².